The van der Waals surface area contributed by atoms with Gasteiger partial charge in [-0.1, -0.05) is 69.3 Å². The van der Waals surface area contributed by atoms with Crippen molar-refractivity contribution in [3.8, 4) is 22.5 Å². The monoisotopic (exact) mass is 430 g/mol. The van der Waals surface area contributed by atoms with Crippen molar-refractivity contribution in [2.24, 2.45) is 5.73 Å². The van der Waals surface area contributed by atoms with Crippen molar-refractivity contribution in [3.05, 3.63) is 65.7 Å². The molecule has 0 saturated heterocycles. The zero-order chi connectivity index (χ0) is 22.7. The summed E-state index contributed by atoms with van der Waals surface area (Å²) in [5.41, 5.74) is 10.1. The van der Waals surface area contributed by atoms with E-state index in [1.807, 2.05) is 29.8 Å². The van der Waals surface area contributed by atoms with Gasteiger partial charge in [0.25, 0.3) is 0 Å². The molecule has 0 radical (unpaired) electrons. The van der Waals surface area contributed by atoms with Crippen LogP contribution in [0.3, 0.4) is 0 Å². The van der Waals surface area contributed by atoms with E-state index in [1.165, 1.54) is 5.56 Å². The third kappa shape index (κ3) is 4.91. The van der Waals surface area contributed by atoms with Gasteiger partial charge < -0.3 is 5.73 Å². The van der Waals surface area contributed by atoms with Gasteiger partial charge in [-0.2, -0.15) is 5.10 Å². The Morgan fingerprint density at radius 3 is 2.38 bits per heavy atom. The molecule has 166 valence electrons. The Morgan fingerprint density at radius 1 is 1.03 bits per heavy atom. The van der Waals surface area contributed by atoms with Crippen LogP contribution >= 0.6 is 0 Å². The summed E-state index contributed by atoms with van der Waals surface area (Å²) in [5, 5.41) is 19.1. The summed E-state index contributed by atoms with van der Waals surface area (Å²) in [6.07, 6.45) is 1.67. The maximum atomic E-state index is 5.92. The Hall–Kier alpha value is -3.39. The quantitative estimate of drug-likeness (QED) is 0.462. The second kappa shape index (κ2) is 9.00. The number of hydrogen-bond donors (Lipinski definition) is 2. The predicted octanol–water partition coefficient (Wildman–Crippen LogP) is 3.75. The Bertz CT molecular complexity index is 1150. The van der Waals surface area contributed by atoms with Crippen LogP contribution in [0.25, 0.3) is 22.5 Å². The van der Waals surface area contributed by atoms with Crippen molar-refractivity contribution in [1.29, 1.82) is 0 Å². The van der Waals surface area contributed by atoms with Gasteiger partial charge in [0.05, 0.1) is 6.54 Å². The van der Waals surface area contributed by atoms with Crippen LogP contribution in [-0.4, -0.2) is 41.4 Å². The third-order valence-corrected chi connectivity index (χ3v) is 5.33. The number of H-pyrrole nitrogens is 1. The number of benzene rings is 2. The lowest BCUT2D eigenvalue weighted by Gasteiger charge is -2.18. The van der Waals surface area contributed by atoms with E-state index in [4.69, 9.17) is 15.8 Å². The summed E-state index contributed by atoms with van der Waals surface area (Å²) in [5.74, 6) is 2.50. The molecule has 4 aromatic rings. The number of nitrogens with one attached hydrogen (secondary N) is 1. The highest BCUT2D eigenvalue weighted by Crippen LogP contribution is 2.30. The smallest absolute Gasteiger partial charge is 0.180 e. The number of aryl methyl sites for hydroxylation is 1. The standard InChI is InChI=1S/C24H30N8/c1-16(25)9-14-21-26-23(24(2,3)4)32(29-21)15-17-10-12-18(13-11-17)19-7-5-6-8-20(19)22-27-30-31-28-22/h5-8,10-13,16H,9,14-15,25H2,1-4H3,(H,27,28,30,31). The van der Waals surface area contributed by atoms with Crippen molar-refractivity contribution in [3.63, 3.8) is 0 Å². The summed E-state index contributed by atoms with van der Waals surface area (Å²) in [4.78, 5) is 4.83. The summed E-state index contributed by atoms with van der Waals surface area (Å²) >= 11 is 0. The van der Waals surface area contributed by atoms with Gasteiger partial charge in [-0.15, -0.1) is 5.10 Å². The van der Waals surface area contributed by atoms with Gasteiger partial charge in [0.1, 0.15) is 5.82 Å². The van der Waals surface area contributed by atoms with Gasteiger partial charge in [0, 0.05) is 23.4 Å². The second-order valence-corrected chi connectivity index (χ2v) is 9.27. The molecule has 0 bridgehead atoms. The van der Waals surface area contributed by atoms with Gasteiger partial charge in [0.2, 0.25) is 0 Å². The number of hydrogen-bond acceptors (Lipinski definition) is 6. The molecule has 2 aromatic carbocycles. The minimum atomic E-state index is -0.0937. The van der Waals surface area contributed by atoms with Gasteiger partial charge in [-0.05, 0) is 40.5 Å². The molecule has 32 heavy (non-hydrogen) atoms. The van der Waals surface area contributed by atoms with Crippen molar-refractivity contribution >= 4 is 0 Å². The fraction of sp³-hybridized carbons (Fsp3) is 0.375. The molecular formula is C24H30N8. The topological polar surface area (TPSA) is 111 Å². The third-order valence-electron chi connectivity index (χ3n) is 5.33. The van der Waals surface area contributed by atoms with E-state index in [9.17, 15) is 0 Å². The summed E-state index contributed by atoms with van der Waals surface area (Å²) in [7, 11) is 0. The summed E-state index contributed by atoms with van der Waals surface area (Å²) < 4.78 is 2.03. The van der Waals surface area contributed by atoms with E-state index in [0.717, 1.165) is 41.2 Å². The molecule has 0 aliphatic rings. The van der Waals surface area contributed by atoms with E-state index in [-0.39, 0.29) is 11.5 Å². The predicted molar refractivity (Wildman–Crippen MR) is 125 cm³/mol. The molecule has 3 N–H and O–H groups in total. The number of rotatable bonds is 7. The number of nitrogens with zero attached hydrogens (tertiary/aromatic N) is 6. The van der Waals surface area contributed by atoms with Crippen LogP contribution in [0.15, 0.2) is 48.5 Å². The molecule has 1 atom stereocenters. The van der Waals surface area contributed by atoms with Crippen molar-refractivity contribution in [1.82, 2.24) is 35.4 Å². The zero-order valence-electron chi connectivity index (χ0n) is 19.1. The van der Waals surface area contributed by atoms with Crippen LogP contribution in [0, 0.1) is 0 Å². The lowest BCUT2D eigenvalue weighted by molar-refractivity contribution is 0.490. The molecule has 1 unspecified atom stereocenters. The fourth-order valence-corrected chi connectivity index (χ4v) is 3.69. The first-order chi connectivity index (χ1) is 15.3. The number of aromatic amines is 1. The van der Waals surface area contributed by atoms with Crippen molar-refractivity contribution < 1.29 is 0 Å². The molecule has 2 heterocycles. The Labute approximate surface area is 188 Å². The van der Waals surface area contributed by atoms with Crippen molar-refractivity contribution in [2.45, 2.75) is 58.5 Å². The molecule has 0 amide bonds. The van der Waals surface area contributed by atoms with E-state index in [0.29, 0.717) is 12.4 Å². The highest BCUT2D eigenvalue weighted by Gasteiger charge is 2.23. The largest absolute Gasteiger partial charge is 0.328 e. The van der Waals surface area contributed by atoms with Crippen LogP contribution in [0.5, 0.6) is 0 Å². The highest BCUT2D eigenvalue weighted by molar-refractivity contribution is 5.80. The Balaban J connectivity index is 1.59. The first kappa shape index (κ1) is 21.8. The average molecular weight is 431 g/mol. The van der Waals surface area contributed by atoms with Crippen LogP contribution in [0.1, 0.15) is 51.3 Å². The molecule has 0 fully saturated rings. The van der Waals surface area contributed by atoms with Crippen LogP contribution in [0.2, 0.25) is 0 Å². The van der Waals surface area contributed by atoms with Crippen LogP contribution in [-0.2, 0) is 18.4 Å². The SMILES string of the molecule is CC(N)CCc1nc(C(C)(C)C)n(Cc2ccc(-c3ccccc3-c3nnn[nH]3)cc2)n1. The number of nitrogens with two attached hydrogens (primary N) is 1. The minimum Gasteiger partial charge on any atom is -0.328 e. The summed E-state index contributed by atoms with van der Waals surface area (Å²) in [6, 6.07) is 16.8. The lowest BCUT2D eigenvalue weighted by atomic mass is 9.95. The molecule has 0 aliphatic carbocycles. The van der Waals surface area contributed by atoms with Crippen LogP contribution < -0.4 is 5.73 Å². The van der Waals surface area contributed by atoms with Crippen molar-refractivity contribution in [2.75, 3.05) is 0 Å². The number of aromatic nitrogens is 7. The van der Waals surface area contributed by atoms with Gasteiger partial charge >= 0.3 is 0 Å². The van der Waals surface area contributed by atoms with Gasteiger partial charge in [0.15, 0.2) is 11.6 Å². The van der Waals surface area contributed by atoms with E-state index < -0.39 is 0 Å². The van der Waals surface area contributed by atoms with Gasteiger partial charge in [-0.3, -0.25) is 0 Å². The maximum Gasteiger partial charge on any atom is 0.180 e. The lowest BCUT2D eigenvalue weighted by Crippen LogP contribution is -2.20. The normalized spacial score (nSPS) is 12.8. The van der Waals surface area contributed by atoms with E-state index in [2.05, 4.69) is 71.7 Å². The molecule has 4 rings (SSSR count). The average Bonchev–Trinajstić information content (AvgIpc) is 3.43. The Kier molecular flexibility index (Phi) is 6.14. The molecule has 0 saturated carbocycles. The molecule has 2 aromatic heterocycles. The molecule has 0 aliphatic heterocycles. The highest BCUT2D eigenvalue weighted by atomic mass is 15.5. The molecule has 8 nitrogen and oxygen atoms in total. The van der Waals surface area contributed by atoms with E-state index >= 15 is 0 Å². The second-order valence-electron chi connectivity index (χ2n) is 9.27. The first-order valence-electron chi connectivity index (χ1n) is 10.9. The summed E-state index contributed by atoms with van der Waals surface area (Å²) in [6.45, 7) is 9.19. The molecule has 8 heteroatoms. The minimum absolute atomic E-state index is 0.0937. The zero-order valence-corrected chi connectivity index (χ0v) is 19.1. The van der Waals surface area contributed by atoms with Gasteiger partial charge in [-0.25, -0.2) is 14.8 Å². The molecule has 0 spiro atoms. The molecular weight excluding hydrogens is 400 g/mol. The van der Waals surface area contributed by atoms with E-state index in [1.54, 1.807) is 0 Å². The fourth-order valence-electron chi connectivity index (χ4n) is 3.69. The van der Waals surface area contributed by atoms with Crippen LogP contribution in [0.4, 0.5) is 0 Å². The maximum absolute atomic E-state index is 5.92. The first-order valence-corrected chi connectivity index (χ1v) is 10.9. The number of tetrazole rings is 1. The Morgan fingerprint density at radius 2 is 1.75 bits per heavy atom.